The second kappa shape index (κ2) is 4.78. The number of carbonyl (C=O) groups excluding carboxylic acids is 1. The minimum Gasteiger partial charge on any atom is -0.364 e. The van der Waals surface area contributed by atoms with Crippen LogP contribution in [0.5, 0.6) is 0 Å². The third-order valence-corrected chi connectivity index (χ3v) is 2.30. The van der Waals surface area contributed by atoms with Crippen molar-refractivity contribution in [2.45, 2.75) is 6.54 Å². The molecule has 0 saturated carbocycles. The summed E-state index contributed by atoms with van der Waals surface area (Å²) in [7, 11) is 0. The van der Waals surface area contributed by atoms with Crippen molar-refractivity contribution >= 4 is 5.91 Å². The first kappa shape index (κ1) is 11.3. The molecule has 0 atom stereocenters. The number of benzene rings is 1. The van der Waals surface area contributed by atoms with Gasteiger partial charge in [-0.1, -0.05) is 6.07 Å². The Morgan fingerprint density at radius 1 is 1.24 bits per heavy atom. The molecule has 2 aromatic rings. The van der Waals surface area contributed by atoms with Gasteiger partial charge in [0, 0.05) is 11.9 Å². The van der Waals surface area contributed by atoms with E-state index in [1.807, 2.05) is 0 Å². The van der Waals surface area contributed by atoms with Gasteiger partial charge in [-0.25, -0.2) is 8.78 Å². The quantitative estimate of drug-likeness (QED) is 0.843. The van der Waals surface area contributed by atoms with E-state index >= 15 is 0 Å². The largest absolute Gasteiger partial charge is 0.364 e. The molecule has 1 heterocycles. The van der Waals surface area contributed by atoms with Crippen LogP contribution in [0.15, 0.2) is 36.5 Å². The van der Waals surface area contributed by atoms with E-state index in [0.717, 1.165) is 11.8 Å². The highest BCUT2D eigenvalue weighted by Crippen LogP contribution is 2.11. The van der Waals surface area contributed by atoms with Gasteiger partial charge < -0.3 is 10.3 Å². The Morgan fingerprint density at radius 2 is 2.06 bits per heavy atom. The van der Waals surface area contributed by atoms with Crippen molar-refractivity contribution in [1.29, 1.82) is 0 Å². The highest BCUT2D eigenvalue weighted by atomic mass is 19.2. The number of rotatable bonds is 3. The van der Waals surface area contributed by atoms with E-state index in [0.29, 0.717) is 0 Å². The first-order valence-electron chi connectivity index (χ1n) is 5.03. The first-order chi connectivity index (χ1) is 8.18. The molecular weight excluding hydrogens is 226 g/mol. The van der Waals surface area contributed by atoms with Crippen LogP contribution in [-0.2, 0) is 6.54 Å². The molecule has 3 nitrogen and oxygen atoms in total. The highest BCUT2D eigenvalue weighted by Gasteiger charge is 2.14. The summed E-state index contributed by atoms with van der Waals surface area (Å²) in [5.74, 6) is -2.80. The summed E-state index contributed by atoms with van der Waals surface area (Å²) in [6.07, 6.45) is 1.71. The minimum atomic E-state index is -1.13. The second-order valence-electron chi connectivity index (χ2n) is 3.48. The van der Waals surface area contributed by atoms with Crippen LogP contribution in [0.2, 0.25) is 0 Å². The molecule has 88 valence electrons. The molecule has 2 rings (SSSR count). The van der Waals surface area contributed by atoms with Crippen molar-refractivity contribution in [3.63, 3.8) is 0 Å². The molecule has 0 saturated heterocycles. The summed E-state index contributed by atoms with van der Waals surface area (Å²) in [4.78, 5) is 14.5. The number of hydrogen-bond donors (Lipinski definition) is 2. The number of aromatic amines is 1. The molecule has 0 aliphatic rings. The van der Waals surface area contributed by atoms with Crippen molar-refractivity contribution in [1.82, 2.24) is 10.3 Å². The number of aromatic nitrogens is 1. The molecule has 1 aromatic carbocycles. The summed E-state index contributed by atoms with van der Waals surface area (Å²) >= 11 is 0. The number of nitrogens with one attached hydrogen (secondary N) is 2. The lowest BCUT2D eigenvalue weighted by Crippen LogP contribution is -2.24. The zero-order valence-corrected chi connectivity index (χ0v) is 8.84. The third-order valence-electron chi connectivity index (χ3n) is 2.30. The lowest BCUT2D eigenvalue weighted by molar-refractivity contribution is 0.0945. The van der Waals surface area contributed by atoms with Gasteiger partial charge in [-0.15, -0.1) is 0 Å². The van der Waals surface area contributed by atoms with Crippen LogP contribution in [0.1, 0.15) is 16.1 Å². The van der Waals surface area contributed by atoms with Crippen molar-refractivity contribution in [2.75, 3.05) is 0 Å². The first-order valence-corrected chi connectivity index (χ1v) is 5.03. The molecule has 17 heavy (non-hydrogen) atoms. The van der Waals surface area contributed by atoms with Crippen LogP contribution in [0.3, 0.4) is 0 Å². The van der Waals surface area contributed by atoms with Gasteiger partial charge in [-0.3, -0.25) is 4.79 Å². The number of H-pyrrole nitrogens is 1. The SMILES string of the molecule is O=C(NCc1ccc[nH]1)c1cccc(F)c1F. The number of amides is 1. The fraction of sp³-hybridized carbons (Fsp3) is 0.0833. The lowest BCUT2D eigenvalue weighted by Gasteiger charge is -2.05. The smallest absolute Gasteiger partial charge is 0.254 e. The van der Waals surface area contributed by atoms with Gasteiger partial charge in [0.05, 0.1) is 12.1 Å². The number of hydrogen-bond acceptors (Lipinski definition) is 1. The van der Waals surface area contributed by atoms with Gasteiger partial charge in [0.15, 0.2) is 11.6 Å². The Bertz CT molecular complexity index is 523. The predicted octanol–water partition coefficient (Wildman–Crippen LogP) is 2.22. The molecule has 1 amide bonds. The summed E-state index contributed by atoms with van der Waals surface area (Å²) < 4.78 is 26.2. The number of halogens is 2. The average Bonchev–Trinajstić information content (AvgIpc) is 2.82. The third kappa shape index (κ3) is 2.50. The Balaban J connectivity index is 2.07. The van der Waals surface area contributed by atoms with Crippen LogP contribution in [-0.4, -0.2) is 10.9 Å². The zero-order valence-electron chi connectivity index (χ0n) is 8.84. The van der Waals surface area contributed by atoms with E-state index in [1.165, 1.54) is 12.1 Å². The average molecular weight is 236 g/mol. The molecule has 0 fully saturated rings. The maximum absolute atomic E-state index is 13.3. The molecule has 0 unspecified atom stereocenters. The van der Waals surface area contributed by atoms with E-state index in [9.17, 15) is 13.6 Å². The highest BCUT2D eigenvalue weighted by molar-refractivity contribution is 5.94. The van der Waals surface area contributed by atoms with Crippen LogP contribution in [0.4, 0.5) is 8.78 Å². The van der Waals surface area contributed by atoms with Gasteiger partial charge in [-0.2, -0.15) is 0 Å². The molecule has 5 heteroatoms. The topological polar surface area (TPSA) is 44.9 Å². The Kier molecular flexibility index (Phi) is 3.18. The van der Waals surface area contributed by atoms with E-state index in [1.54, 1.807) is 18.3 Å². The molecule has 0 radical (unpaired) electrons. The normalized spacial score (nSPS) is 10.2. The standard InChI is InChI=1S/C12H10F2N2O/c13-10-5-1-4-9(11(10)14)12(17)16-7-8-3-2-6-15-8/h1-6,15H,7H2,(H,16,17). The second-order valence-corrected chi connectivity index (χ2v) is 3.48. The Labute approximate surface area is 96.5 Å². The molecule has 2 N–H and O–H groups in total. The van der Waals surface area contributed by atoms with E-state index in [-0.39, 0.29) is 12.1 Å². The minimum absolute atomic E-state index is 0.238. The fourth-order valence-electron chi connectivity index (χ4n) is 1.43. The summed E-state index contributed by atoms with van der Waals surface area (Å²) in [6.45, 7) is 0.238. The van der Waals surface area contributed by atoms with Crippen molar-refractivity contribution in [2.24, 2.45) is 0 Å². The molecule has 0 aliphatic heterocycles. The van der Waals surface area contributed by atoms with Crippen LogP contribution in [0.25, 0.3) is 0 Å². The summed E-state index contributed by atoms with van der Waals surface area (Å²) in [5, 5.41) is 2.49. The monoisotopic (exact) mass is 236 g/mol. The molecule has 0 bridgehead atoms. The molecule has 0 spiro atoms. The van der Waals surface area contributed by atoms with Crippen molar-refractivity contribution in [3.05, 3.63) is 59.4 Å². The van der Waals surface area contributed by atoms with Crippen LogP contribution >= 0.6 is 0 Å². The maximum Gasteiger partial charge on any atom is 0.254 e. The van der Waals surface area contributed by atoms with E-state index in [4.69, 9.17) is 0 Å². The fourth-order valence-corrected chi connectivity index (χ4v) is 1.43. The van der Waals surface area contributed by atoms with Crippen molar-refractivity contribution < 1.29 is 13.6 Å². The predicted molar refractivity (Wildman–Crippen MR) is 58.3 cm³/mol. The molecular formula is C12H10F2N2O. The lowest BCUT2D eigenvalue weighted by atomic mass is 10.2. The molecule has 0 aliphatic carbocycles. The zero-order chi connectivity index (χ0) is 12.3. The van der Waals surface area contributed by atoms with Crippen LogP contribution < -0.4 is 5.32 Å². The molecule has 1 aromatic heterocycles. The summed E-state index contributed by atoms with van der Waals surface area (Å²) in [6, 6.07) is 7.06. The van der Waals surface area contributed by atoms with Gasteiger partial charge in [0.25, 0.3) is 5.91 Å². The van der Waals surface area contributed by atoms with E-state index in [2.05, 4.69) is 10.3 Å². The maximum atomic E-state index is 13.3. The van der Waals surface area contributed by atoms with Gasteiger partial charge in [0.1, 0.15) is 0 Å². The number of carbonyl (C=O) groups is 1. The van der Waals surface area contributed by atoms with Gasteiger partial charge in [-0.05, 0) is 24.3 Å². The van der Waals surface area contributed by atoms with Crippen molar-refractivity contribution in [3.8, 4) is 0 Å². The van der Waals surface area contributed by atoms with E-state index < -0.39 is 17.5 Å². The van der Waals surface area contributed by atoms with Gasteiger partial charge in [0.2, 0.25) is 0 Å². The summed E-state index contributed by atoms with van der Waals surface area (Å²) in [5.41, 5.74) is 0.492. The Hall–Kier alpha value is -2.17. The van der Waals surface area contributed by atoms with Crippen LogP contribution in [0, 0.1) is 11.6 Å². The Morgan fingerprint density at radius 3 is 2.76 bits per heavy atom. The van der Waals surface area contributed by atoms with Gasteiger partial charge >= 0.3 is 0 Å².